The van der Waals surface area contributed by atoms with Crippen LogP contribution in [0.2, 0.25) is 0 Å². The third-order valence-corrected chi connectivity index (χ3v) is 4.24. The van der Waals surface area contributed by atoms with Crippen LogP contribution in [0.25, 0.3) is 0 Å². The minimum atomic E-state index is -1.09. The molecule has 0 aromatic heterocycles. The molecule has 0 radical (unpaired) electrons. The number of hydrogen-bond acceptors (Lipinski definition) is 3. The van der Waals surface area contributed by atoms with Crippen molar-refractivity contribution in [3.8, 4) is 0 Å². The zero-order valence-electron chi connectivity index (χ0n) is 8.15. The number of nitrogens with two attached hydrogens (primary N) is 1. The summed E-state index contributed by atoms with van der Waals surface area (Å²) in [4.78, 5) is 10.7. The predicted octanol–water partition coefficient (Wildman–Crippen LogP) is 0.0155. The van der Waals surface area contributed by atoms with Gasteiger partial charge in [-0.05, 0) is 18.2 Å². The maximum absolute atomic E-state index is 13.5. The zero-order chi connectivity index (χ0) is 11.7. The van der Waals surface area contributed by atoms with Crippen LogP contribution >= 0.6 is 27.7 Å². The van der Waals surface area contributed by atoms with Crippen LogP contribution < -0.4 is 10.4 Å². The molecule has 1 fully saturated rings. The van der Waals surface area contributed by atoms with Gasteiger partial charge in [0.1, 0.15) is 17.8 Å². The Hall–Kier alpha value is -0.590. The number of carboxylic acids is 1. The first-order chi connectivity index (χ1) is 7.58. The van der Waals surface area contributed by atoms with Crippen LogP contribution in [0.5, 0.6) is 0 Å². The molecule has 16 heavy (non-hydrogen) atoms. The van der Waals surface area contributed by atoms with Crippen LogP contribution in [0.1, 0.15) is 10.9 Å². The normalized spacial score (nSPS) is 24.6. The molecule has 0 amide bonds. The minimum Gasteiger partial charge on any atom is -0.544 e. The second kappa shape index (κ2) is 4.73. The summed E-state index contributed by atoms with van der Waals surface area (Å²) >= 11 is 4.69. The first-order valence-electron chi connectivity index (χ1n) is 4.70. The standard InChI is InChI=1S/C10H9BrFNO2S/c11-5-1-2-7(12)6(3-5)9-13-8(4-16-9)10(14)15/h1-3,8-9,13H,4H2,(H,14,15). The summed E-state index contributed by atoms with van der Waals surface area (Å²) < 4.78 is 14.3. The largest absolute Gasteiger partial charge is 0.544 e. The second-order valence-electron chi connectivity index (χ2n) is 3.54. The molecular weight excluding hydrogens is 297 g/mol. The molecule has 1 aliphatic rings. The van der Waals surface area contributed by atoms with Crippen LogP contribution in [-0.4, -0.2) is 17.8 Å². The first kappa shape index (κ1) is 11.9. The molecule has 1 aromatic carbocycles. The molecule has 1 aliphatic heterocycles. The highest BCUT2D eigenvalue weighted by molar-refractivity contribution is 9.10. The lowest BCUT2D eigenvalue weighted by Crippen LogP contribution is -2.90. The van der Waals surface area contributed by atoms with Gasteiger partial charge in [0, 0.05) is 4.47 Å². The number of thioether (sulfide) groups is 1. The van der Waals surface area contributed by atoms with Crippen molar-refractivity contribution in [2.75, 3.05) is 5.75 Å². The third-order valence-electron chi connectivity index (χ3n) is 2.43. The van der Waals surface area contributed by atoms with E-state index in [1.165, 1.54) is 17.8 Å². The number of carboxylic acid groups (broad SMARTS) is 1. The van der Waals surface area contributed by atoms with E-state index in [0.29, 0.717) is 11.3 Å². The van der Waals surface area contributed by atoms with Crippen LogP contribution in [0.3, 0.4) is 0 Å². The Balaban J connectivity index is 2.20. The van der Waals surface area contributed by atoms with E-state index in [2.05, 4.69) is 15.9 Å². The fourth-order valence-corrected chi connectivity index (χ4v) is 3.30. The Bertz CT molecular complexity index is 429. The number of aliphatic carboxylic acids is 1. The molecule has 6 heteroatoms. The molecule has 2 N–H and O–H groups in total. The average molecular weight is 306 g/mol. The molecule has 0 bridgehead atoms. The van der Waals surface area contributed by atoms with E-state index in [0.717, 1.165) is 4.47 Å². The maximum atomic E-state index is 13.5. The van der Waals surface area contributed by atoms with Crippen molar-refractivity contribution in [1.82, 2.24) is 0 Å². The molecule has 1 saturated heterocycles. The van der Waals surface area contributed by atoms with Crippen LogP contribution in [-0.2, 0) is 4.79 Å². The predicted molar refractivity (Wildman–Crippen MR) is 60.0 cm³/mol. The summed E-state index contributed by atoms with van der Waals surface area (Å²) in [7, 11) is 0. The number of carbonyl (C=O) groups excluding carboxylic acids is 1. The molecular formula is C10H9BrFNO2S. The number of rotatable bonds is 2. The molecule has 2 atom stereocenters. The fourth-order valence-electron chi connectivity index (χ4n) is 1.60. The van der Waals surface area contributed by atoms with E-state index in [-0.39, 0.29) is 11.2 Å². The van der Waals surface area contributed by atoms with Crippen molar-refractivity contribution in [2.45, 2.75) is 11.4 Å². The average Bonchev–Trinajstić information content (AvgIpc) is 2.70. The Morgan fingerprint density at radius 3 is 3.00 bits per heavy atom. The lowest BCUT2D eigenvalue weighted by molar-refractivity contribution is -0.690. The van der Waals surface area contributed by atoms with Gasteiger partial charge in [0.05, 0.1) is 11.3 Å². The molecule has 86 valence electrons. The Morgan fingerprint density at radius 1 is 1.62 bits per heavy atom. The van der Waals surface area contributed by atoms with Gasteiger partial charge in [0.2, 0.25) is 0 Å². The maximum Gasteiger partial charge on any atom is 0.162 e. The van der Waals surface area contributed by atoms with Gasteiger partial charge in [-0.1, -0.05) is 27.7 Å². The van der Waals surface area contributed by atoms with Gasteiger partial charge in [-0.15, -0.1) is 0 Å². The summed E-state index contributed by atoms with van der Waals surface area (Å²) in [6.07, 6.45) is 0. The summed E-state index contributed by atoms with van der Waals surface area (Å²) in [5.41, 5.74) is 0.517. The van der Waals surface area contributed by atoms with E-state index in [1.807, 2.05) is 0 Å². The summed E-state index contributed by atoms with van der Waals surface area (Å²) in [5, 5.41) is 12.1. The summed E-state index contributed by atoms with van der Waals surface area (Å²) in [6, 6.07) is 4.09. The van der Waals surface area contributed by atoms with E-state index in [1.54, 1.807) is 17.4 Å². The number of carbonyl (C=O) groups is 1. The van der Waals surface area contributed by atoms with Gasteiger partial charge >= 0.3 is 0 Å². The van der Waals surface area contributed by atoms with Gasteiger partial charge in [0.25, 0.3) is 0 Å². The monoisotopic (exact) mass is 305 g/mol. The molecule has 2 rings (SSSR count). The van der Waals surface area contributed by atoms with Gasteiger partial charge in [-0.25, -0.2) is 4.39 Å². The second-order valence-corrected chi connectivity index (χ2v) is 5.63. The highest BCUT2D eigenvalue weighted by Gasteiger charge is 2.32. The summed E-state index contributed by atoms with van der Waals surface area (Å²) in [5.74, 6) is -0.958. The Labute approximate surface area is 105 Å². The van der Waals surface area contributed by atoms with Crippen molar-refractivity contribution in [3.05, 3.63) is 34.1 Å². The zero-order valence-corrected chi connectivity index (χ0v) is 10.6. The molecule has 2 unspecified atom stereocenters. The van der Waals surface area contributed by atoms with E-state index in [4.69, 9.17) is 0 Å². The van der Waals surface area contributed by atoms with Crippen LogP contribution in [0.15, 0.2) is 22.7 Å². The van der Waals surface area contributed by atoms with Crippen LogP contribution in [0, 0.1) is 5.82 Å². The highest BCUT2D eigenvalue weighted by Crippen LogP contribution is 2.30. The van der Waals surface area contributed by atoms with E-state index < -0.39 is 12.0 Å². The Morgan fingerprint density at radius 2 is 2.38 bits per heavy atom. The fraction of sp³-hybridized carbons (Fsp3) is 0.300. The van der Waals surface area contributed by atoms with E-state index in [9.17, 15) is 14.3 Å². The summed E-state index contributed by atoms with van der Waals surface area (Å²) in [6.45, 7) is 0. The van der Waals surface area contributed by atoms with Gasteiger partial charge in [-0.3, -0.25) is 0 Å². The van der Waals surface area contributed by atoms with Crippen molar-refractivity contribution in [1.29, 1.82) is 0 Å². The lowest BCUT2D eigenvalue weighted by Gasteiger charge is -2.11. The van der Waals surface area contributed by atoms with Crippen molar-refractivity contribution in [2.24, 2.45) is 0 Å². The number of benzene rings is 1. The van der Waals surface area contributed by atoms with Crippen LogP contribution in [0.4, 0.5) is 4.39 Å². The highest BCUT2D eigenvalue weighted by atomic mass is 79.9. The van der Waals surface area contributed by atoms with Crippen molar-refractivity contribution < 1.29 is 19.6 Å². The van der Waals surface area contributed by atoms with Gasteiger partial charge in [-0.2, -0.15) is 0 Å². The van der Waals surface area contributed by atoms with Gasteiger partial charge in [0.15, 0.2) is 5.37 Å². The smallest absolute Gasteiger partial charge is 0.162 e. The number of halogens is 2. The van der Waals surface area contributed by atoms with Gasteiger partial charge < -0.3 is 15.2 Å². The lowest BCUT2D eigenvalue weighted by atomic mass is 10.2. The molecule has 0 spiro atoms. The van der Waals surface area contributed by atoms with Crippen molar-refractivity contribution in [3.63, 3.8) is 0 Å². The topological polar surface area (TPSA) is 56.7 Å². The minimum absolute atomic E-state index is 0.208. The van der Waals surface area contributed by atoms with E-state index >= 15 is 0 Å². The van der Waals surface area contributed by atoms with Crippen molar-refractivity contribution >= 4 is 33.7 Å². The molecule has 0 saturated carbocycles. The molecule has 1 heterocycles. The molecule has 0 aliphatic carbocycles. The SMILES string of the molecule is O=C([O-])C1CSC(c2cc(Br)ccc2F)[NH2+]1. The molecule has 1 aromatic rings. The Kier molecular flexibility index (Phi) is 3.51. The number of hydrogen-bond donors (Lipinski definition) is 1. The first-order valence-corrected chi connectivity index (χ1v) is 6.54. The third kappa shape index (κ3) is 2.39. The number of quaternary nitrogens is 1. The molecule has 3 nitrogen and oxygen atoms in total. The quantitative estimate of drug-likeness (QED) is 0.838.